The largest absolute Gasteiger partial charge is 0.493 e. The van der Waals surface area contributed by atoms with Crippen LogP contribution in [0.5, 0.6) is 11.5 Å². The molecule has 1 spiro atoms. The maximum atomic E-state index is 13.2. The molecule has 0 radical (unpaired) electrons. The Hall–Kier alpha value is -2.41. The number of likely N-dealkylation sites (N-methyl/N-ethyl adjacent to an activating group) is 1. The number of likely N-dealkylation sites (tertiary alicyclic amines) is 1. The van der Waals surface area contributed by atoms with Crippen LogP contribution < -0.4 is 9.47 Å². The molecular weight excluding hydrogens is 501 g/mol. The van der Waals surface area contributed by atoms with Gasteiger partial charge in [0, 0.05) is 22.9 Å². The van der Waals surface area contributed by atoms with E-state index in [-0.39, 0.29) is 17.9 Å². The highest BCUT2D eigenvalue weighted by atomic mass is 31.2. The van der Waals surface area contributed by atoms with Crippen LogP contribution in [0.15, 0.2) is 60.2 Å². The highest BCUT2D eigenvalue weighted by Crippen LogP contribution is 2.63. The Morgan fingerprint density at radius 2 is 2.00 bits per heavy atom. The Labute approximate surface area is 223 Å². The summed E-state index contributed by atoms with van der Waals surface area (Å²) in [5.41, 5.74) is 6.03. The molecule has 0 saturated carbocycles. The summed E-state index contributed by atoms with van der Waals surface area (Å²) in [6.45, 7) is 1.06. The molecule has 0 aromatic heterocycles. The fourth-order valence-electron chi connectivity index (χ4n) is 7.63. The molecule has 0 amide bonds. The monoisotopic (exact) mass is 535 g/mol. The quantitative estimate of drug-likeness (QED) is 0.405. The molecule has 1 fully saturated rings. The number of benzene rings is 2. The van der Waals surface area contributed by atoms with Crippen LogP contribution in [0, 0.1) is 5.92 Å². The average Bonchev–Trinajstić information content (AvgIpc) is 3.27. The van der Waals surface area contributed by atoms with Gasteiger partial charge in [-0.1, -0.05) is 54.1 Å². The van der Waals surface area contributed by atoms with Gasteiger partial charge >= 0.3 is 7.82 Å². The fourth-order valence-corrected chi connectivity index (χ4v) is 8.50. The van der Waals surface area contributed by atoms with Crippen LogP contribution in [0.3, 0.4) is 0 Å². The van der Waals surface area contributed by atoms with E-state index >= 15 is 0 Å². The Kier molecular flexibility index (Phi) is 5.88. The summed E-state index contributed by atoms with van der Waals surface area (Å²) in [6, 6.07) is 12.9. The van der Waals surface area contributed by atoms with Crippen molar-refractivity contribution in [1.82, 2.24) is 4.90 Å². The van der Waals surface area contributed by atoms with Gasteiger partial charge in [0.1, 0.15) is 12.2 Å². The van der Waals surface area contributed by atoms with Crippen LogP contribution in [-0.2, 0) is 38.3 Å². The van der Waals surface area contributed by atoms with Gasteiger partial charge in [0.05, 0.1) is 13.7 Å². The van der Waals surface area contributed by atoms with Crippen molar-refractivity contribution in [2.24, 2.45) is 5.92 Å². The van der Waals surface area contributed by atoms with Crippen molar-refractivity contribution < 1.29 is 28.0 Å². The summed E-state index contributed by atoms with van der Waals surface area (Å²) in [5, 5.41) is 0. The summed E-state index contributed by atoms with van der Waals surface area (Å²) in [4.78, 5) is 13.2. The number of piperidine rings is 1. The highest BCUT2D eigenvalue weighted by Gasteiger charge is 2.65. The van der Waals surface area contributed by atoms with Crippen LogP contribution >= 0.6 is 7.82 Å². The van der Waals surface area contributed by atoms with Crippen LogP contribution in [0.25, 0.3) is 0 Å². The van der Waals surface area contributed by atoms with E-state index in [1.165, 1.54) is 27.8 Å². The molecule has 2 aliphatic heterocycles. The third kappa shape index (κ3) is 3.75. The summed E-state index contributed by atoms with van der Waals surface area (Å²) in [7, 11) is -0.483. The summed E-state index contributed by atoms with van der Waals surface area (Å²) in [5.74, 6) is 1.71. The zero-order valence-electron chi connectivity index (χ0n) is 21.8. The highest BCUT2D eigenvalue weighted by molar-refractivity contribution is 7.47. The van der Waals surface area contributed by atoms with Crippen LogP contribution in [0.1, 0.15) is 35.1 Å². The van der Waals surface area contributed by atoms with Crippen molar-refractivity contribution in [3.05, 3.63) is 82.5 Å². The van der Waals surface area contributed by atoms with E-state index in [0.29, 0.717) is 18.2 Å². The first kappa shape index (κ1) is 24.6. The predicted octanol–water partition coefficient (Wildman–Crippen LogP) is 4.76. The number of fused-ring (bicyclic) bond motifs is 1. The molecule has 1 saturated heterocycles. The summed E-state index contributed by atoms with van der Waals surface area (Å²) in [6.07, 6.45) is 9.34. The molecule has 200 valence electrons. The van der Waals surface area contributed by atoms with Crippen molar-refractivity contribution >= 4 is 7.82 Å². The number of nitrogens with zero attached hydrogens (tertiary/aromatic N) is 1. The van der Waals surface area contributed by atoms with Crippen molar-refractivity contribution in [2.75, 3.05) is 27.3 Å². The topological polar surface area (TPSA) is 77.5 Å². The minimum absolute atomic E-state index is 0.128. The van der Waals surface area contributed by atoms with Gasteiger partial charge in [-0.25, -0.2) is 4.57 Å². The lowest BCUT2D eigenvalue weighted by Crippen LogP contribution is -2.65. The van der Waals surface area contributed by atoms with Crippen molar-refractivity contribution in [2.45, 2.75) is 55.8 Å². The molecule has 2 aromatic carbocycles. The second kappa shape index (κ2) is 9.07. The second-order valence-electron chi connectivity index (χ2n) is 11.3. The molecule has 2 heterocycles. The molecule has 6 atom stereocenters. The first-order chi connectivity index (χ1) is 18.4. The number of phosphoric acid groups is 1. The van der Waals surface area contributed by atoms with Crippen molar-refractivity contribution in [3.8, 4) is 11.5 Å². The lowest BCUT2D eigenvalue weighted by atomic mass is 9.53. The number of hydrogen-bond acceptors (Lipinski definition) is 6. The van der Waals surface area contributed by atoms with Crippen molar-refractivity contribution in [1.29, 1.82) is 0 Å². The van der Waals surface area contributed by atoms with Gasteiger partial charge in [0.25, 0.3) is 0 Å². The van der Waals surface area contributed by atoms with Crippen LogP contribution in [0.2, 0.25) is 0 Å². The number of phosphoric ester groups is 1. The predicted molar refractivity (Wildman–Crippen MR) is 144 cm³/mol. The van der Waals surface area contributed by atoms with E-state index in [2.05, 4.69) is 54.4 Å². The number of methoxy groups -OCH3 is 1. The Morgan fingerprint density at radius 3 is 2.84 bits per heavy atom. The minimum Gasteiger partial charge on any atom is -0.493 e. The van der Waals surface area contributed by atoms with E-state index < -0.39 is 20.0 Å². The zero-order valence-corrected chi connectivity index (χ0v) is 22.7. The Balaban J connectivity index is 1.10. The number of allylic oxidation sites excluding steroid dienone is 1. The van der Waals surface area contributed by atoms with E-state index in [9.17, 15) is 9.46 Å². The van der Waals surface area contributed by atoms with E-state index in [4.69, 9.17) is 18.5 Å². The molecule has 7 nitrogen and oxygen atoms in total. The molecule has 7 rings (SSSR count). The molecule has 5 aliphatic rings. The van der Waals surface area contributed by atoms with Crippen LogP contribution in [-0.4, -0.2) is 55.4 Å². The SMILES string of the molecule is COc1ccc2c3c1OC1C(OP(=O)(O)OCCC4=CCc5ccccc5C4)C=CC4C(C2)N(C)CCC341. The maximum Gasteiger partial charge on any atom is 0.472 e. The van der Waals surface area contributed by atoms with Gasteiger partial charge in [0.15, 0.2) is 11.5 Å². The van der Waals surface area contributed by atoms with E-state index in [0.717, 1.165) is 38.0 Å². The van der Waals surface area contributed by atoms with E-state index in [1.807, 2.05) is 12.1 Å². The van der Waals surface area contributed by atoms with E-state index in [1.54, 1.807) is 7.11 Å². The number of hydrogen-bond donors (Lipinski definition) is 1. The number of rotatable bonds is 7. The van der Waals surface area contributed by atoms with Gasteiger partial charge in [-0.2, -0.15) is 0 Å². The molecule has 1 N–H and O–H groups in total. The van der Waals surface area contributed by atoms with Gasteiger partial charge in [-0.05, 0) is 68.5 Å². The Morgan fingerprint density at radius 1 is 1.16 bits per heavy atom. The standard InChI is InChI=1S/C30H34NO6P/c1-31-15-14-30-23-10-12-26(29(30)36-28-25(34-2)11-9-22(27(28)30)18-24(23)31)37-38(32,33)35-16-13-19-7-8-20-5-3-4-6-21(20)17-19/h3-7,9-12,23-24,26,29H,8,13-18H2,1-2H3,(H,32,33). The summed E-state index contributed by atoms with van der Waals surface area (Å²) >= 11 is 0. The minimum atomic E-state index is -4.32. The molecule has 3 aliphatic carbocycles. The third-order valence-electron chi connectivity index (χ3n) is 9.41. The smallest absolute Gasteiger partial charge is 0.472 e. The van der Waals surface area contributed by atoms with Crippen LogP contribution in [0.4, 0.5) is 0 Å². The molecule has 2 bridgehead atoms. The second-order valence-corrected chi connectivity index (χ2v) is 12.7. The number of ether oxygens (including phenoxy) is 2. The normalized spacial score (nSPS) is 32.0. The van der Waals surface area contributed by atoms with Gasteiger partial charge < -0.3 is 19.3 Å². The fraction of sp³-hybridized carbons (Fsp3) is 0.467. The van der Waals surface area contributed by atoms with Gasteiger partial charge in [-0.15, -0.1) is 0 Å². The lowest BCUT2D eigenvalue weighted by molar-refractivity contribution is -0.0460. The lowest BCUT2D eigenvalue weighted by Gasteiger charge is -2.56. The van der Waals surface area contributed by atoms with Gasteiger partial charge in [0.2, 0.25) is 0 Å². The molecular formula is C30H34NO6P. The maximum absolute atomic E-state index is 13.2. The first-order valence-corrected chi connectivity index (χ1v) is 15.0. The molecule has 6 unspecified atom stereocenters. The van der Waals surface area contributed by atoms with Gasteiger partial charge in [-0.3, -0.25) is 9.05 Å². The third-order valence-corrected chi connectivity index (χ3v) is 10.4. The zero-order chi connectivity index (χ0) is 26.1. The average molecular weight is 536 g/mol. The molecule has 2 aromatic rings. The van der Waals surface area contributed by atoms with Crippen molar-refractivity contribution in [3.63, 3.8) is 0 Å². The molecule has 38 heavy (non-hydrogen) atoms. The summed E-state index contributed by atoms with van der Waals surface area (Å²) < 4.78 is 36.8. The molecule has 8 heteroatoms. The Bertz CT molecular complexity index is 1390. The first-order valence-electron chi connectivity index (χ1n) is 13.6.